The van der Waals surface area contributed by atoms with Crippen LogP contribution in [0, 0.1) is 5.82 Å². The second-order valence-electron chi connectivity index (χ2n) is 9.37. The molecule has 12 heteroatoms. The number of nitrogens with one attached hydrogen (secondary N) is 1. The number of aromatic nitrogens is 3. The quantitative estimate of drug-likeness (QED) is 0.134. The van der Waals surface area contributed by atoms with E-state index in [9.17, 15) is 12.8 Å². The van der Waals surface area contributed by atoms with Crippen LogP contribution in [0.3, 0.4) is 0 Å². The summed E-state index contributed by atoms with van der Waals surface area (Å²) in [5.74, 6) is 1.14. The molecule has 0 fully saturated rings. The molecule has 5 rings (SSSR count). The topological polar surface area (TPSA) is 103 Å². The van der Waals surface area contributed by atoms with E-state index in [-0.39, 0.29) is 30.5 Å². The van der Waals surface area contributed by atoms with Gasteiger partial charge in [-0.15, -0.1) is 11.3 Å². The van der Waals surface area contributed by atoms with Gasteiger partial charge in [-0.3, -0.25) is 0 Å². The van der Waals surface area contributed by atoms with Crippen LogP contribution in [0.5, 0.6) is 5.75 Å². The van der Waals surface area contributed by atoms with Gasteiger partial charge in [0.1, 0.15) is 30.3 Å². The maximum atomic E-state index is 13.5. The molecule has 0 amide bonds. The summed E-state index contributed by atoms with van der Waals surface area (Å²) in [4.78, 5) is 13.6. The minimum absolute atomic E-state index is 0.0353. The lowest BCUT2D eigenvalue weighted by Gasteiger charge is -2.12. The Morgan fingerprint density at radius 1 is 1.05 bits per heavy atom. The zero-order chi connectivity index (χ0) is 29.5. The van der Waals surface area contributed by atoms with E-state index in [2.05, 4.69) is 31.2 Å². The Balaban J connectivity index is 1.25. The van der Waals surface area contributed by atoms with Crippen LogP contribution in [0.25, 0.3) is 22.2 Å². The summed E-state index contributed by atoms with van der Waals surface area (Å²) >= 11 is 5.11. The molecule has 0 aliphatic carbocycles. The summed E-state index contributed by atoms with van der Waals surface area (Å²) in [5.41, 5.74) is 4.10. The molecule has 0 atom stereocenters. The highest BCUT2D eigenvalue weighted by Crippen LogP contribution is 2.33. The van der Waals surface area contributed by atoms with E-state index in [4.69, 9.17) is 14.5 Å². The first-order chi connectivity index (χ1) is 20.3. The molecule has 3 aromatic carbocycles. The van der Waals surface area contributed by atoms with Crippen molar-refractivity contribution < 1.29 is 22.3 Å². The van der Waals surface area contributed by atoms with Crippen LogP contribution < -0.4 is 10.1 Å². The molecule has 1 N–H and O–H groups in total. The predicted molar refractivity (Wildman–Crippen MR) is 168 cm³/mol. The molecule has 0 unspecified atom stereocenters. The first kappa shape index (κ1) is 30.0. The average molecular weight is 672 g/mol. The van der Waals surface area contributed by atoms with E-state index in [0.29, 0.717) is 24.6 Å². The van der Waals surface area contributed by atoms with Crippen molar-refractivity contribution in [1.82, 2.24) is 15.0 Å². The number of benzene rings is 3. The first-order valence-electron chi connectivity index (χ1n) is 13.2. The molecule has 5 aromatic rings. The van der Waals surface area contributed by atoms with Gasteiger partial charge in [-0.25, -0.2) is 27.8 Å². The predicted octanol–water partition coefficient (Wildman–Crippen LogP) is 6.97. The number of thiazole rings is 1. The standard InChI is InChI=1S/C30H28BrFN4O4S2/c1-2-42(37,38)13-12-39-11-10-29-36-27(18-41-29)21-6-8-26-24(15-21)30(34-19-33-26)35-23-7-9-28(25(31)16-23)40-17-20-4-3-5-22(32)14-20/h3-9,14-16,18-19H,2,10-13,17H2,1H3,(H,33,34,35). The summed E-state index contributed by atoms with van der Waals surface area (Å²) < 4.78 is 48.8. The van der Waals surface area contributed by atoms with Crippen LogP contribution in [0.4, 0.5) is 15.9 Å². The molecule has 0 saturated heterocycles. The second kappa shape index (κ2) is 13.7. The third kappa shape index (κ3) is 7.88. The van der Waals surface area contributed by atoms with Gasteiger partial charge < -0.3 is 14.8 Å². The van der Waals surface area contributed by atoms with E-state index < -0.39 is 9.84 Å². The lowest BCUT2D eigenvalue weighted by atomic mass is 10.1. The minimum Gasteiger partial charge on any atom is -0.488 e. The molecule has 2 aromatic heterocycles. The maximum absolute atomic E-state index is 13.5. The molecule has 0 aliphatic rings. The summed E-state index contributed by atoms with van der Waals surface area (Å²) in [6.45, 7) is 2.49. The van der Waals surface area contributed by atoms with Crippen LogP contribution in [-0.2, 0) is 27.6 Å². The molecule has 0 bridgehead atoms. The average Bonchev–Trinajstić information content (AvgIpc) is 3.45. The molecule has 8 nitrogen and oxygen atoms in total. The Hall–Kier alpha value is -3.45. The van der Waals surface area contributed by atoms with Crippen molar-refractivity contribution >= 4 is 59.5 Å². The van der Waals surface area contributed by atoms with Gasteiger partial charge in [0.25, 0.3) is 0 Å². The van der Waals surface area contributed by atoms with Crippen molar-refractivity contribution in [2.45, 2.75) is 20.0 Å². The lowest BCUT2D eigenvalue weighted by Crippen LogP contribution is -2.14. The number of hydrogen-bond acceptors (Lipinski definition) is 9. The van der Waals surface area contributed by atoms with E-state index in [1.54, 1.807) is 13.0 Å². The second-order valence-corrected chi connectivity index (χ2v) is 13.6. The molecule has 42 heavy (non-hydrogen) atoms. The fraction of sp³-hybridized carbons (Fsp3) is 0.233. The third-order valence-electron chi connectivity index (χ3n) is 6.40. The highest BCUT2D eigenvalue weighted by molar-refractivity contribution is 9.10. The highest BCUT2D eigenvalue weighted by Gasteiger charge is 2.12. The van der Waals surface area contributed by atoms with Gasteiger partial charge in [-0.1, -0.05) is 25.1 Å². The van der Waals surface area contributed by atoms with Crippen molar-refractivity contribution in [3.05, 3.63) is 93.2 Å². The molecule has 2 heterocycles. The molecule has 0 aliphatic heterocycles. The van der Waals surface area contributed by atoms with Crippen LogP contribution in [0.1, 0.15) is 17.5 Å². The Morgan fingerprint density at radius 2 is 1.93 bits per heavy atom. The van der Waals surface area contributed by atoms with E-state index >= 15 is 0 Å². The lowest BCUT2D eigenvalue weighted by molar-refractivity contribution is 0.152. The number of sulfone groups is 1. The fourth-order valence-electron chi connectivity index (χ4n) is 4.09. The third-order valence-corrected chi connectivity index (χ3v) is 9.60. The number of ether oxygens (including phenoxy) is 2. The molecule has 0 radical (unpaired) electrons. The van der Waals surface area contributed by atoms with Crippen molar-refractivity contribution in [2.75, 3.05) is 30.0 Å². The number of nitrogens with zero attached hydrogens (tertiary/aromatic N) is 3. The van der Waals surface area contributed by atoms with Crippen molar-refractivity contribution in [3.8, 4) is 17.0 Å². The van der Waals surface area contributed by atoms with Crippen molar-refractivity contribution in [3.63, 3.8) is 0 Å². The van der Waals surface area contributed by atoms with Crippen LogP contribution in [-0.4, -0.2) is 48.1 Å². The van der Waals surface area contributed by atoms with Gasteiger partial charge >= 0.3 is 0 Å². The Bertz CT molecular complexity index is 1800. The van der Waals surface area contributed by atoms with Crippen LogP contribution in [0.15, 0.2) is 76.8 Å². The molecular weight excluding hydrogens is 643 g/mol. The molecular formula is C30H28BrFN4O4S2. The summed E-state index contributed by atoms with van der Waals surface area (Å²) in [5, 5.41) is 7.12. The monoisotopic (exact) mass is 670 g/mol. The largest absolute Gasteiger partial charge is 0.488 e. The summed E-state index contributed by atoms with van der Waals surface area (Å²) in [6.07, 6.45) is 2.12. The van der Waals surface area contributed by atoms with E-state index in [0.717, 1.165) is 42.9 Å². The Labute approximate surface area is 256 Å². The first-order valence-corrected chi connectivity index (χ1v) is 16.7. The van der Waals surface area contributed by atoms with Crippen molar-refractivity contribution in [1.29, 1.82) is 0 Å². The number of anilines is 2. The maximum Gasteiger partial charge on any atom is 0.152 e. The highest BCUT2D eigenvalue weighted by atomic mass is 79.9. The molecule has 0 spiro atoms. The van der Waals surface area contributed by atoms with Gasteiger partial charge in [0.05, 0.1) is 39.7 Å². The van der Waals surface area contributed by atoms with Crippen molar-refractivity contribution in [2.24, 2.45) is 0 Å². The van der Waals surface area contributed by atoms with Crippen LogP contribution in [0.2, 0.25) is 0 Å². The van der Waals surface area contributed by atoms with Gasteiger partial charge in [-0.2, -0.15) is 0 Å². The minimum atomic E-state index is -3.03. The van der Waals surface area contributed by atoms with Gasteiger partial charge in [-0.05, 0) is 64.0 Å². The zero-order valence-corrected chi connectivity index (χ0v) is 25.9. The normalized spacial score (nSPS) is 11.6. The van der Waals surface area contributed by atoms with E-state index in [1.807, 2.05) is 47.8 Å². The summed E-state index contributed by atoms with van der Waals surface area (Å²) in [7, 11) is -3.03. The van der Waals surface area contributed by atoms with Gasteiger partial charge in [0, 0.05) is 34.2 Å². The van der Waals surface area contributed by atoms with Crippen LogP contribution >= 0.6 is 27.3 Å². The SMILES string of the molecule is CCS(=O)(=O)CCOCCc1nc(-c2ccc3ncnc(Nc4ccc(OCc5cccc(F)c5)c(Br)c4)c3c2)cs1. The number of hydrogen-bond donors (Lipinski definition) is 1. The fourth-order valence-corrected chi connectivity index (χ4v) is 6.03. The number of halogens is 2. The number of rotatable bonds is 13. The van der Waals surface area contributed by atoms with E-state index in [1.165, 1.54) is 29.8 Å². The van der Waals surface area contributed by atoms with Gasteiger partial charge in [0.15, 0.2) is 9.84 Å². The number of fused-ring (bicyclic) bond motifs is 1. The Kier molecular flexibility index (Phi) is 9.78. The molecule has 218 valence electrons. The Morgan fingerprint density at radius 3 is 2.74 bits per heavy atom. The smallest absolute Gasteiger partial charge is 0.152 e. The zero-order valence-electron chi connectivity index (χ0n) is 22.7. The van der Waals surface area contributed by atoms with Gasteiger partial charge in [0.2, 0.25) is 0 Å². The molecule has 0 saturated carbocycles. The summed E-state index contributed by atoms with van der Waals surface area (Å²) in [6, 6.07) is 17.9.